The van der Waals surface area contributed by atoms with Crippen molar-refractivity contribution in [1.82, 2.24) is 29.1 Å². The van der Waals surface area contributed by atoms with Crippen LogP contribution in [0.15, 0.2) is 60.9 Å². The van der Waals surface area contributed by atoms with Crippen LogP contribution in [0.2, 0.25) is 0 Å². The highest BCUT2D eigenvalue weighted by atomic mass is 15.3. The molecule has 1 saturated carbocycles. The third-order valence-electron chi connectivity index (χ3n) is 6.70. The van der Waals surface area contributed by atoms with Gasteiger partial charge in [-0.15, -0.1) is 0 Å². The van der Waals surface area contributed by atoms with Crippen LogP contribution in [0, 0.1) is 0 Å². The number of hydrogen-bond acceptors (Lipinski definition) is 6. The number of anilines is 3. The summed E-state index contributed by atoms with van der Waals surface area (Å²) in [6.07, 6.45) is 8.06. The first-order chi connectivity index (χ1) is 16.8. The highest BCUT2D eigenvalue weighted by Crippen LogP contribution is 2.32. The number of nitrogens with zero attached hydrogens (tertiary/aromatic N) is 6. The molecule has 8 nitrogen and oxygen atoms in total. The van der Waals surface area contributed by atoms with Gasteiger partial charge in [0.05, 0.1) is 17.4 Å². The van der Waals surface area contributed by atoms with Gasteiger partial charge >= 0.3 is 0 Å². The zero-order valence-corrected chi connectivity index (χ0v) is 19.3. The van der Waals surface area contributed by atoms with Crippen molar-refractivity contribution < 1.29 is 0 Å². The molecule has 1 fully saturated rings. The molecule has 0 atom stereocenters. The summed E-state index contributed by atoms with van der Waals surface area (Å²) in [5, 5.41) is 6.85. The highest BCUT2D eigenvalue weighted by molar-refractivity contribution is 5.85. The predicted molar refractivity (Wildman–Crippen MR) is 135 cm³/mol. The Kier molecular flexibility index (Phi) is 5.33. The largest absolute Gasteiger partial charge is 0.364 e. The van der Waals surface area contributed by atoms with Crippen molar-refractivity contribution in [1.29, 1.82) is 0 Å². The average Bonchev–Trinajstić information content (AvgIpc) is 3.45. The highest BCUT2D eigenvalue weighted by Gasteiger charge is 2.21. The summed E-state index contributed by atoms with van der Waals surface area (Å²) in [4.78, 5) is 19.2. The van der Waals surface area contributed by atoms with Gasteiger partial charge < -0.3 is 14.5 Å². The smallest absolute Gasteiger partial charge is 0.233 e. The van der Waals surface area contributed by atoms with Crippen molar-refractivity contribution in [3.05, 3.63) is 66.5 Å². The average molecular weight is 453 g/mol. The van der Waals surface area contributed by atoms with Crippen molar-refractivity contribution >= 4 is 39.9 Å². The summed E-state index contributed by atoms with van der Waals surface area (Å²) in [6, 6.07) is 18.8. The van der Waals surface area contributed by atoms with E-state index in [-0.39, 0.29) is 0 Å². The summed E-state index contributed by atoms with van der Waals surface area (Å²) in [5.74, 6) is 1.95. The molecule has 0 radical (unpaired) electrons. The molecule has 1 aliphatic carbocycles. The Balaban J connectivity index is 1.40. The molecule has 34 heavy (non-hydrogen) atoms. The number of nitrogens with one attached hydrogen (secondary N) is 2. The van der Waals surface area contributed by atoms with Gasteiger partial charge in [0.1, 0.15) is 0 Å². The molecule has 0 spiro atoms. The van der Waals surface area contributed by atoms with Gasteiger partial charge in [0.25, 0.3) is 0 Å². The Morgan fingerprint density at radius 3 is 2.53 bits per heavy atom. The first-order valence-corrected chi connectivity index (χ1v) is 12.0. The van der Waals surface area contributed by atoms with Gasteiger partial charge in [0.2, 0.25) is 11.9 Å². The van der Waals surface area contributed by atoms with Crippen molar-refractivity contribution in [3.8, 4) is 0 Å². The summed E-state index contributed by atoms with van der Waals surface area (Å²) in [5.41, 5.74) is 4.84. The van der Waals surface area contributed by atoms with Crippen LogP contribution >= 0.6 is 0 Å². The maximum atomic E-state index is 4.92. The van der Waals surface area contributed by atoms with Crippen LogP contribution in [0.1, 0.15) is 43.7 Å². The van der Waals surface area contributed by atoms with E-state index in [1.54, 1.807) is 0 Å². The normalized spacial score (nSPS) is 14.6. The Labute approximate surface area is 198 Å². The first-order valence-electron chi connectivity index (χ1n) is 12.0. The second-order valence-electron chi connectivity index (χ2n) is 8.96. The third-order valence-corrected chi connectivity index (χ3v) is 6.70. The molecular weight excluding hydrogens is 424 g/mol. The molecule has 0 bridgehead atoms. The molecule has 0 aliphatic heterocycles. The molecule has 1 aliphatic rings. The Bertz CT molecular complexity index is 1430. The van der Waals surface area contributed by atoms with E-state index in [0.717, 1.165) is 40.9 Å². The van der Waals surface area contributed by atoms with E-state index >= 15 is 0 Å². The molecule has 0 unspecified atom stereocenters. The number of hydrogen-bond donors (Lipinski definition) is 2. The minimum atomic E-state index is 0.430. The number of aromatic nitrogens is 6. The number of imidazole rings is 2. The van der Waals surface area contributed by atoms with Gasteiger partial charge in [-0.05, 0) is 30.5 Å². The van der Waals surface area contributed by atoms with Crippen molar-refractivity contribution in [3.63, 3.8) is 0 Å². The fourth-order valence-electron chi connectivity index (χ4n) is 4.86. The Hall–Kier alpha value is -3.94. The van der Waals surface area contributed by atoms with Crippen LogP contribution in [-0.2, 0) is 13.6 Å². The minimum absolute atomic E-state index is 0.430. The fourth-order valence-corrected chi connectivity index (χ4v) is 4.86. The molecule has 0 saturated heterocycles. The van der Waals surface area contributed by atoms with E-state index in [1.807, 2.05) is 54.3 Å². The van der Waals surface area contributed by atoms with Crippen molar-refractivity contribution in [2.75, 3.05) is 10.6 Å². The predicted octanol–water partition coefficient (Wildman–Crippen LogP) is 5.57. The minimum Gasteiger partial charge on any atom is -0.364 e. The van der Waals surface area contributed by atoms with Gasteiger partial charge in [0.15, 0.2) is 17.0 Å². The van der Waals surface area contributed by atoms with Crippen LogP contribution in [-0.4, -0.2) is 29.1 Å². The zero-order chi connectivity index (χ0) is 22.9. The van der Waals surface area contributed by atoms with Gasteiger partial charge in [-0.2, -0.15) is 9.97 Å². The van der Waals surface area contributed by atoms with E-state index in [9.17, 15) is 0 Å². The topological polar surface area (TPSA) is 85.5 Å². The monoisotopic (exact) mass is 452 g/mol. The standard InChI is InChI=1S/C26H28N8/c1-33-21-15-9-8-14-20(21)29-26(33)32-25-30-23(27-16-18-10-4-2-5-11-18)22-24(31-25)34(17-28-22)19-12-6-3-7-13-19/h2,4-5,8-11,14-15,17,19H,3,6-7,12-13,16H2,1H3,(H2,27,29,30,31,32). The lowest BCUT2D eigenvalue weighted by Crippen LogP contribution is -2.13. The number of fused-ring (bicyclic) bond motifs is 2. The van der Waals surface area contributed by atoms with Gasteiger partial charge in [-0.3, -0.25) is 5.32 Å². The molecule has 5 aromatic rings. The maximum absolute atomic E-state index is 4.92. The van der Waals surface area contributed by atoms with E-state index in [2.05, 4.69) is 33.4 Å². The number of benzene rings is 2. The number of para-hydroxylation sites is 2. The number of rotatable bonds is 6. The van der Waals surface area contributed by atoms with E-state index in [4.69, 9.17) is 19.9 Å². The lowest BCUT2D eigenvalue weighted by atomic mass is 9.95. The van der Waals surface area contributed by atoms with Crippen molar-refractivity contribution in [2.24, 2.45) is 7.05 Å². The SMILES string of the molecule is Cn1c(Nc2nc(NCc3ccccc3)c3ncn(C4CCCCC4)c3n2)nc2ccccc21. The zero-order valence-electron chi connectivity index (χ0n) is 19.3. The first kappa shape index (κ1) is 20.7. The van der Waals surface area contributed by atoms with Crippen LogP contribution in [0.25, 0.3) is 22.2 Å². The van der Waals surface area contributed by atoms with Crippen LogP contribution in [0.5, 0.6) is 0 Å². The van der Waals surface area contributed by atoms with Crippen LogP contribution in [0.4, 0.5) is 17.7 Å². The summed E-state index contributed by atoms with van der Waals surface area (Å²) in [6.45, 7) is 0.662. The van der Waals surface area contributed by atoms with Gasteiger partial charge in [-0.1, -0.05) is 61.7 Å². The van der Waals surface area contributed by atoms with E-state index in [0.29, 0.717) is 24.5 Å². The molecule has 3 aromatic heterocycles. The lowest BCUT2D eigenvalue weighted by molar-refractivity contribution is 0.358. The Morgan fingerprint density at radius 2 is 1.71 bits per heavy atom. The van der Waals surface area contributed by atoms with E-state index in [1.165, 1.54) is 24.8 Å². The molecule has 3 heterocycles. The molecule has 6 rings (SSSR count). The second kappa shape index (κ2) is 8.78. The van der Waals surface area contributed by atoms with Crippen LogP contribution < -0.4 is 10.6 Å². The molecule has 8 heteroatoms. The van der Waals surface area contributed by atoms with Gasteiger partial charge in [-0.25, -0.2) is 9.97 Å². The molecule has 2 N–H and O–H groups in total. The third kappa shape index (κ3) is 3.85. The quantitative estimate of drug-likeness (QED) is 0.350. The summed E-state index contributed by atoms with van der Waals surface area (Å²) in [7, 11) is 2.00. The molecule has 172 valence electrons. The maximum Gasteiger partial charge on any atom is 0.233 e. The summed E-state index contributed by atoms with van der Waals surface area (Å²) < 4.78 is 4.27. The Morgan fingerprint density at radius 1 is 0.912 bits per heavy atom. The fraction of sp³-hybridized carbons (Fsp3) is 0.308. The van der Waals surface area contributed by atoms with E-state index < -0.39 is 0 Å². The molecular formula is C26H28N8. The van der Waals surface area contributed by atoms with Crippen molar-refractivity contribution in [2.45, 2.75) is 44.7 Å². The van der Waals surface area contributed by atoms with Gasteiger partial charge in [0, 0.05) is 19.6 Å². The lowest BCUT2D eigenvalue weighted by Gasteiger charge is -2.23. The molecule has 2 aromatic carbocycles. The second-order valence-corrected chi connectivity index (χ2v) is 8.96. The van der Waals surface area contributed by atoms with Crippen LogP contribution in [0.3, 0.4) is 0 Å². The number of aryl methyl sites for hydroxylation is 1. The molecule has 0 amide bonds. The summed E-state index contributed by atoms with van der Waals surface area (Å²) >= 11 is 0.